The van der Waals surface area contributed by atoms with Crippen molar-refractivity contribution >= 4 is 17.2 Å². The number of aromatic nitrogens is 2. The van der Waals surface area contributed by atoms with Crippen molar-refractivity contribution < 1.29 is 9.32 Å². The van der Waals surface area contributed by atoms with Gasteiger partial charge in [0.1, 0.15) is 0 Å². The number of rotatable bonds is 2. The average molecular weight is 291 g/mol. The zero-order valence-corrected chi connectivity index (χ0v) is 12.4. The molecule has 3 rings (SSSR count). The van der Waals surface area contributed by atoms with E-state index in [4.69, 9.17) is 4.52 Å². The van der Waals surface area contributed by atoms with Crippen molar-refractivity contribution in [3.8, 4) is 0 Å². The highest BCUT2D eigenvalue weighted by atomic mass is 32.1. The van der Waals surface area contributed by atoms with Gasteiger partial charge in [-0.25, -0.2) is 0 Å². The topological polar surface area (TPSA) is 59.2 Å². The largest absolute Gasteiger partial charge is 0.339 e. The first-order valence-electron chi connectivity index (χ1n) is 6.78. The summed E-state index contributed by atoms with van der Waals surface area (Å²) in [6, 6.07) is 1.99. The van der Waals surface area contributed by atoms with Crippen LogP contribution in [0, 0.1) is 13.8 Å². The Morgan fingerprint density at radius 3 is 3.00 bits per heavy atom. The van der Waals surface area contributed by atoms with Crippen molar-refractivity contribution in [3.63, 3.8) is 0 Å². The van der Waals surface area contributed by atoms with Crippen LogP contribution in [0.5, 0.6) is 0 Å². The first kappa shape index (κ1) is 13.3. The van der Waals surface area contributed by atoms with Crippen LogP contribution in [0.25, 0.3) is 0 Å². The summed E-state index contributed by atoms with van der Waals surface area (Å²) in [6.45, 7) is 5.26. The molecule has 106 valence electrons. The number of hydrogen-bond donors (Lipinski definition) is 0. The van der Waals surface area contributed by atoms with Crippen molar-refractivity contribution in [1.82, 2.24) is 15.0 Å². The van der Waals surface area contributed by atoms with Gasteiger partial charge in [0.15, 0.2) is 5.82 Å². The lowest BCUT2D eigenvalue weighted by Crippen LogP contribution is -2.39. The zero-order chi connectivity index (χ0) is 14.1. The summed E-state index contributed by atoms with van der Waals surface area (Å²) in [5.41, 5.74) is 1.05. The maximum Gasteiger partial charge on any atom is 0.264 e. The van der Waals surface area contributed by atoms with E-state index < -0.39 is 0 Å². The Balaban J connectivity index is 1.75. The number of carbonyl (C=O) groups excluding carboxylic acids is 1. The van der Waals surface area contributed by atoms with Gasteiger partial charge in [0, 0.05) is 13.1 Å². The van der Waals surface area contributed by atoms with E-state index in [2.05, 4.69) is 10.1 Å². The molecule has 1 aliphatic rings. The molecule has 0 bridgehead atoms. The highest BCUT2D eigenvalue weighted by molar-refractivity contribution is 7.12. The van der Waals surface area contributed by atoms with E-state index in [0.29, 0.717) is 18.3 Å². The summed E-state index contributed by atoms with van der Waals surface area (Å²) in [4.78, 5) is 19.6. The van der Waals surface area contributed by atoms with Gasteiger partial charge in [-0.3, -0.25) is 4.79 Å². The number of hydrogen-bond acceptors (Lipinski definition) is 5. The lowest BCUT2D eigenvalue weighted by molar-refractivity contribution is 0.0700. The van der Waals surface area contributed by atoms with E-state index in [1.54, 1.807) is 0 Å². The minimum absolute atomic E-state index is 0.124. The maximum atomic E-state index is 12.5. The fourth-order valence-corrected chi connectivity index (χ4v) is 3.47. The molecule has 0 N–H and O–H groups in total. The van der Waals surface area contributed by atoms with Crippen LogP contribution in [0.1, 0.15) is 45.7 Å². The van der Waals surface area contributed by atoms with Gasteiger partial charge in [-0.15, -0.1) is 11.3 Å². The quantitative estimate of drug-likeness (QED) is 0.853. The molecular formula is C14H17N3O2S. The standard InChI is InChI=1S/C14H17N3O2S/c1-9-5-7-20-12(9)14(18)17-6-3-4-11(8-17)13-15-10(2)16-19-13/h5,7,11H,3-4,6,8H2,1-2H3/t11-/m0/s1. The molecule has 1 fully saturated rings. The van der Waals surface area contributed by atoms with Gasteiger partial charge in [-0.2, -0.15) is 4.98 Å². The molecule has 0 spiro atoms. The molecule has 1 amide bonds. The first-order chi connectivity index (χ1) is 9.65. The monoisotopic (exact) mass is 291 g/mol. The molecule has 1 saturated heterocycles. The molecule has 6 heteroatoms. The molecule has 0 unspecified atom stereocenters. The van der Waals surface area contributed by atoms with E-state index in [1.807, 2.05) is 30.2 Å². The van der Waals surface area contributed by atoms with Gasteiger partial charge in [0.05, 0.1) is 10.8 Å². The van der Waals surface area contributed by atoms with Crippen LogP contribution in [-0.4, -0.2) is 34.0 Å². The fraction of sp³-hybridized carbons (Fsp3) is 0.500. The smallest absolute Gasteiger partial charge is 0.264 e. The van der Waals surface area contributed by atoms with Crippen LogP contribution in [0.4, 0.5) is 0 Å². The van der Waals surface area contributed by atoms with E-state index in [9.17, 15) is 4.79 Å². The average Bonchev–Trinajstić information content (AvgIpc) is 3.07. The molecule has 20 heavy (non-hydrogen) atoms. The van der Waals surface area contributed by atoms with Crippen LogP contribution in [0.15, 0.2) is 16.0 Å². The fourth-order valence-electron chi connectivity index (χ4n) is 2.58. The number of likely N-dealkylation sites (tertiary alicyclic amines) is 1. The van der Waals surface area contributed by atoms with Crippen LogP contribution < -0.4 is 0 Å². The van der Waals surface area contributed by atoms with Gasteiger partial charge in [-0.1, -0.05) is 5.16 Å². The Labute approximate surface area is 121 Å². The number of thiophene rings is 1. The predicted molar refractivity (Wildman–Crippen MR) is 76.0 cm³/mol. The Morgan fingerprint density at radius 2 is 2.35 bits per heavy atom. The van der Waals surface area contributed by atoms with E-state index in [-0.39, 0.29) is 11.8 Å². The maximum absolute atomic E-state index is 12.5. The number of aryl methyl sites for hydroxylation is 2. The van der Waals surface area contributed by atoms with E-state index in [0.717, 1.165) is 29.8 Å². The van der Waals surface area contributed by atoms with E-state index >= 15 is 0 Å². The molecule has 0 radical (unpaired) electrons. The summed E-state index contributed by atoms with van der Waals surface area (Å²) in [5, 5.41) is 5.80. The van der Waals surface area contributed by atoms with Crippen LogP contribution in [0.2, 0.25) is 0 Å². The molecule has 5 nitrogen and oxygen atoms in total. The summed E-state index contributed by atoms with van der Waals surface area (Å²) < 4.78 is 5.25. The molecule has 2 aromatic heterocycles. The molecule has 3 heterocycles. The molecule has 1 atom stereocenters. The zero-order valence-electron chi connectivity index (χ0n) is 11.6. The highest BCUT2D eigenvalue weighted by Gasteiger charge is 2.29. The van der Waals surface area contributed by atoms with Crippen molar-refractivity contribution in [3.05, 3.63) is 33.6 Å². The molecule has 2 aromatic rings. The van der Waals surface area contributed by atoms with E-state index in [1.165, 1.54) is 11.3 Å². The van der Waals surface area contributed by atoms with Gasteiger partial charge in [0.25, 0.3) is 5.91 Å². The SMILES string of the molecule is Cc1noc([C@H]2CCCN(C(=O)c3sccc3C)C2)n1. The summed E-state index contributed by atoms with van der Waals surface area (Å²) in [5.74, 6) is 1.59. The summed E-state index contributed by atoms with van der Waals surface area (Å²) >= 11 is 1.51. The molecule has 1 aliphatic heterocycles. The minimum Gasteiger partial charge on any atom is -0.339 e. The second kappa shape index (κ2) is 5.36. The lowest BCUT2D eigenvalue weighted by Gasteiger charge is -2.30. The Morgan fingerprint density at radius 1 is 1.50 bits per heavy atom. The van der Waals surface area contributed by atoms with Crippen molar-refractivity contribution in [2.24, 2.45) is 0 Å². The Hall–Kier alpha value is -1.69. The number of carbonyl (C=O) groups is 1. The van der Waals surface area contributed by atoms with Crippen LogP contribution in [0.3, 0.4) is 0 Å². The van der Waals surface area contributed by atoms with Gasteiger partial charge in [0.2, 0.25) is 5.89 Å². The number of piperidine rings is 1. The van der Waals surface area contributed by atoms with Crippen molar-refractivity contribution in [2.75, 3.05) is 13.1 Å². The molecular weight excluding hydrogens is 274 g/mol. The highest BCUT2D eigenvalue weighted by Crippen LogP contribution is 2.28. The van der Waals surface area contributed by atoms with Gasteiger partial charge < -0.3 is 9.42 Å². The molecule has 0 saturated carbocycles. The number of nitrogens with zero attached hydrogens (tertiary/aromatic N) is 3. The molecule has 0 aliphatic carbocycles. The predicted octanol–water partition coefficient (Wildman–Crippen LogP) is 2.77. The Bertz CT molecular complexity index is 619. The van der Waals surface area contributed by atoms with Crippen LogP contribution >= 0.6 is 11.3 Å². The van der Waals surface area contributed by atoms with Crippen molar-refractivity contribution in [2.45, 2.75) is 32.6 Å². The van der Waals surface area contributed by atoms with Gasteiger partial charge in [-0.05, 0) is 43.7 Å². The summed E-state index contributed by atoms with van der Waals surface area (Å²) in [6.07, 6.45) is 1.97. The van der Waals surface area contributed by atoms with Crippen LogP contribution in [-0.2, 0) is 0 Å². The Kier molecular flexibility index (Phi) is 3.56. The second-order valence-electron chi connectivity index (χ2n) is 5.20. The minimum atomic E-state index is 0.124. The third-order valence-corrected chi connectivity index (χ3v) is 4.66. The summed E-state index contributed by atoms with van der Waals surface area (Å²) in [7, 11) is 0. The number of amides is 1. The molecule has 0 aromatic carbocycles. The lowest BCUT2D eigenvalue weighted by atomic mass is 9.97. The van der Waals surface area contributed by atoms with Crippen molar-refractivity contribution in [1.29, 1.82) is 0 Å². The first-order valence-corrected chi connectivity index (χ1v) is 7.66. The van der Waals surface area contributed by atoms with Gasteiger partial charge >= 0.3 is 0 Å². The normalized spacial score (nSPS) is 19.3. The third kappa shape index (κ3) is 2.47. The second-order valence-corrected chi connectivity index (χ2v) is 6.12. The third-order valence-electron chi connectivity index (χ3n) is 3.66.